The lowest BCUT2D eigenvalue weighted by atomic mass is 9.97. The topological polar surface area (TPSA) is 0 Å². The first-order valence-corrected chi connectivity index (χ1v) is 4.52. The Morgan fingerprint density at radius 3 is 2.67 bits per heavy atom. The van der Waals surface area contributed by atoms with E-state index in [1.54, 1.807) is 0 Å². The van der Waals surface area contributed by atoms with Crippen molar-refractivity contribution >= 4 is 0 Å². The molecule has 1 atom stereocenters. The van der Waals surface area contributed by atoms with Gasteiger partial charge in [0.2, 0.25) is 0 Å². The Kier molecular flexibility index (Phi) is 6.19. The molecule has 0 heterocycles. The van der Waals surface area contributed by atoms with E-state index < -0.39 is 0 Å². The summed E-state index contributed by atoms with van der Waals surface area (Å²) in [6.07, 6.45) is 13.4. The van der Waals surface area contributed by atoms with Crippen molar-refractivity contribution in [1.82, 2.24) is 0 Å². The molecule has 0 rings (SSSR count). The summed E-state index contributed by atoms with van der Waals surface area (Å²) in [5, 5.41) is 0. The molecule has 1 unspecified atom stereocenters. The lowest BCUT2D eigenvalue weighted by Gasteiger charge is -2.08. The normalized spacial score (nSPS) is 14.7. The van der Waals surface area contributed by atoms with Gasteiger partial charge in [-0.1, -0.05) is 32.1 Å². The zero-order valence-electron chi connectivity index (χ0n) is 8.30. The molecule has 0 N–H and O–H groups in total. The van der Waals surface area contributed by atoms with Crippen molar-refractivity contribution < 1.29 is 0 Å². The lowest BCUT2D eigenvalue weighted by molar-refractivity contribution is 0.668. The van der Waals surface area contributed by atoms with E-state index in [4.69, 9.17) is 6.42 Å². The average Bonchev–Trinajstić information content (AvgIpc) is 2.11. The third-order valence-electron chi connectivity index (χ3n) is 2.00. The molecule has 0 saturated carbocycles. The van der Waals surface area contributed by atoms with Gasteiger partial charge in [-0.15, -0.1) is 12.3 Å². The van der Waals surface area contributed by atoms with Crippen molar-refractivity contribution in [3.8, 4) is 12.3 Å². The average molecular weight is 162 g/mol. The van der Waals surface area contributed by atoms with E-state index >= 15 is 0 Å². The maximum Gasteiger partial charge on any atom is 0.0272 e. The van der Waals surface area contributed by atoms with Gasteiger partial charge in [-0.3, -0.25) is 0 Å². The molecule has 0 spiro atoms. The second-order valence-electron chi connectivity index (χ2n) is 2.92. The van der Waals surface area contributed by atoms with Crippen molar-refractivity contribution in [1.29, 1.82) is 0 Å². The molecule has 0 aromatic rings. The van der Waals surface area contributed by atoms with Gasteiger partial charge in [0.05, 0.1) is 0 Å². The van der Waals surface area contributed by atoms with Crippen molar-refractivity contribution in [3.63, 3.8) is 0 Å². The monoisotopic (exact) mass is 162 g/mol. The highest BCUT2D eigenvalue weighted by Crippen LogP contribution is 2.15. The Bertz CT molecular complexity index is 201. The number of hydrogen-bond donors (Lipinski definition) is 0. The summed E-state index contributed by atoms with van der Waals surface area (Å²) >= 11 is 0. The van der Waals surface area contributed by atoms with Gasteiger partial charge in [-0.25, -0.2) is 0 Å². The van der Waals surface area contributed by atoms with Gasteiger partial charge >= 0.3 is 0 Å². The van der Waals surface area contributed by atoms with Gasteiger partial charge in [-0.2, -0.15) is 0 Å². The fraction of sp³-hybridized carbons (Fsp3) is 0.500. The Morgan fingerprint density at radius 2 is 2.25 bits per heavy atom. The van der Waals surface area contributed by atoms with Crippen LogP contribution in [0.2, 0.25) is 0 Å². The highest BCUT2D eigenvalue weighted by atomic mass is 14.1. The van der Waals surface area contributed by atoms with Crippen LogP contribution in [0, 0.1) is 18.3 Å². The van der Waals surface area contributed by atoms with Crippen molar-refractivity contribution in [2.24, 2.45) is 5.92 Å². The van der Waals surface area contributed by atoms with Gasteiger partial charge in [0.15, 0.2) is 0 Å². The molecule has 0 aliphatic carbocycles. The van der Waals surface area contributed by atoms with E-state index in [-0.39, 0.29) is 0 Å². The molecule has 0 saturated heterocycles. The summed E-state index contributed by atoms with van der Waals surface area (Å²) in [5.74, 6) is 3.25. The fourth-order valence-corrected chi connectivity index (χ4v) is 1.04. The molecule has 12 heavy (non-hydrogen) atoms. The van der Waals surface area contributed by atoms with Crippen molar-refractivity contribution in [2.45, 2.75) is 33.6 Å². The Morgan fingerprint density at radius 1 is 1.58 bits per heavy atom. The van der Waals surface area contributed by atoms with Crippen LogP contribution >= 0.6 is 0 Å². The molecule has 0 fully saturated rings. The Hall–Kier alpha value is -0.960. The molecule has 0 aromatic heterocycles. The minimum Gasteiger partial charge on any atom is -0.120 e. The summed E-state index contributed by atoms with van der Waals surface area (Å²) in [7, 11) is 0. The molecular weight excluding hydrogens is 144 g/mol. The number of terminal acetylenes is 1. The van der Waals surface area contributed by atoms with Crippen molar-refractivity contribution in [3.05, 3.63) is 23.8 Å². The van der Waals surface area contributed by atoms with Crippen LogP contribution in [0.5, 0.6) is 0 Å². The predicted molar refractivity (Wildman–Crippen MR) is 55.8 cm³/mol. The van der Waals surface area contributed by atoms with Crippen LogP contribution in [0.4, 0.5) is 0 Å². The van der Waals surface area contributed by atoms with Gasteiger partial charge in [0, 0.05) is 6.42 Å². The van der Waals surface area contributed by atoms with Crippen LogP contribution in [0.1, 0.15) is 33.6 Å². The molecule has 0 bridgehead atoms. The summed E-state index contributed by atoms with van der Waals surface area (Å²) in [6, 6.07) is 0. The van der Waals surface area contributed by atoms with Crippen LogP contribution in [-0.2, 0) is 0 Å². The molecule has 66 valence electrons. The Balaban J connectivity index is 4.33. The number of hydrogen-bond acceptors (Lipinski definition) is 0. The fourth-order valence-electron chi connectivity index (χ4n) is 1.04. The van der Waals surface area contributed by atoms with Crippen LogP contribution in [0.25, 0.3) is 0 Å². The van der Waals surface area contributed by atoms with Crippen LogP contribution in [0.3, 0.4) is 0 Å². The van der Waals surface area contributed by atoms with Crippen LogP contribution in [-0.4, -0.2) is 0 Å². The lowest BCUT2D eigenvalue weighted by Crippen LogP contribution is -1.94. The van der Waals surface area contributed by atoms with Crippen LogP contribution in [0.15, 0.2) is 23.8 Å². The SMILES string of the molecule is C#CC/C=C(\C=C/C)C(C)CC. The highest BCUT2D eigenvalue weighted by Gasteiger charge is 2.01. The van der Waals surface area contributed by atoms with Gasteiger partial charge in [0.1, 0.15) is 0 Å². The second-order valence-corrected chi connectivity index (χ2v) is 2.92. The quantitative estimate of drug-likeness (QED) is 0.438. The largest absolute Gasteiger partial charge is 0.120 e. The minimum atomic E-state index is 0.620. The molecule has 0 aliphatic rings. The molecule has 0 aliphatic heterocycles. The summed E-state index contributed by atoms with van der Waals surface area (Å²) in [5.41, 5.74) is 1.36. The maximum atomic E-state index is 5.20. The smallest absolute Gasteiger partial charge is 0.0272 e. The molecule has 0 nitrogen and oxygen atoms in total. The number of allylic oxidation sites excluding steroid dienone is 4. The Labute approximate surface area is 76.4 Å². The molecule has 0 radical (unpaired) electrons. The first-order chi connectivity index (χ1) is 5.76. The predicted octanol–water partition coefficient (Wildman–Crippen LogP) is 3.56. The van der Waals surface area contributed by atoms with E-state index in [1.807, 2.05) is 6.92 Å². The summed E-state index contributed by atoms with van der Waals surface area (Å²) < 4.78 is 0. The standard InChI is InChI=1S/C12H18/c1-5-8-10-12(9-6-2)11(4)7-3/h1,6,9-11H,7-8H2,2-4H3/b9-6-,12-10+. The zero-order valence-corrected chi connectivity index (χ0v) is 8.30. The highest BCUT2D eigenvalue weighted by molar-refractivity contribution is 5.22. The summed E-state index contributed by atoms with van der Waals surface area (Å²) in [4.78, 5) is 0. The van der Waals surface area contributed by atoms with E-state index in [2.05, 4.69) is 38.0 Å². The van der Waals surface area contributed by atoms with E-state index in [0.29, 0.717) is 5.92 Å². The minimum absolute atomic E-state index is 0.620. The van der Waals surface area contributed by atoms with E-state index in [0.717, 1.165) is 6.42 Å². The molecular formula is C12H18. The molecule has 0 amide bonds. The van der Waals surface area contributed by atoms with Crippen LogP contribution < -0.4 is 0 Å². The third-order valence-corrected chi connectivity index (χ3v) is 2.00. The number of rotatable bonds is 4. The molecule has 0 heteroatoms. The summed E-state index contributed by atoms with van der Waals surface area (Å²) in [6.45, 7) is 6.45. The van der Waals surface area contributed by atoms with Gasteiger partial charge in [0.25, 0.3) is 0 Å². The third kappa shape index (κ3) is 4.03. The van der Waals surface area contributed by atoms with E-state index in [1.165, 1.54) is 12.0 Å². The van der Waals surface area contributed by atoms with E-state index in [9.17, 15) is 0 Å². The van der Waals surface area contributed by atoms with Crippen molar-refractivity contribution in [2.75, 3.05) is 0 Å². The first kappa shape index (κ1) is 11.0. The maximum absolute atomic E-state index is 5.20. The zero-order chi connectivity index (χ0) is 9.40. The second kappa shape index (κ2) is 6.73. The first-order valence-electron chi connectivity index (χ1n) is 4.52. The van der Waals surface area contributed by atoms with Gasteiger partial charge < -0.3 is 0 Å². The van der Waals surface area contributed by atoms with Gasteiger partial charge in [-0.05, 0) is 24.8 Å². The molecule has 0 aromatic carbocycles.